The summed E-state index contributed by atoms with van der Waals surface area (Å²) in [5, 5.41) is 18.9. The van der Waals surface area contributed by atoms with Crippen molar-refractivity contribution in [3.8, 4) is 28.3 Å². The van der Waals surface area contributed by atoms with Gasteiger partial charge in [0, 0.05) is 28.3 Å². The molecular weight excluding hydrogens is 483 g/mol. The summed E-state index contributed by atoms with van der Waals surface area (Å²) in [5.74, 6) is 0.685. The molecule has 2 saturated heterocycles. The molecule has 4 atom stereocenters. The van der Waals surface area contributed by atoms with E-state index in [0.29, 0.717) is 34.8 Å². The number of ether oxygens (including phenoxy) is 3. The summed E-state index contributed by atoms with van der Waals surface area (Å²) in [6.07, 6.45) is -1.72. The maximum absolute atomic E-state index is 15.0. The number of H-pyrrole nitrogens is 1. The molecule has 3 N–H and O–H groups in total. The van der Waals surface area contributed by atoms with Gasteiger partial charge < -0.3 is 29.4 Å². The number of hydrogen-bond acceptors (Lipinski definition) is 7. The Morgan fingerprint density at radius 1 is 0.972 bits per heavy atom. The predicted molar refractivity (Wildman–Crippen MR) is 135 cm³/mol. The zero-order valence-electron chi connectivity index (χ0n) is 19.3. The highest BCUT2D eigenvalue weighted by molar-refractivity contribution is 7.99. The third-order valence-electron chi connectivity index (χ3n) is 6.50. The van der Waals surface area contributed by atoms with E-state index in [9.17, 15) is 9.50 Å². The first-order valence-electron chi connectivity index (χ1n) is 11.8. The monoisotopic (exact) mass is 508 g/mol. The molecule has 0 saturated carbocycles. The number of rotatable bonds is 7. The zero-order chi connectivity index (χ0) is 24.6. The number of aliphatic hydroxyl groups excluding tert-OH is 2. The second-order valence-corrected chi connectivity index (χ2v) is 10.0. The van der Waals surface area contributed by atoms with Crippen molar-refractivity contribution in [1.29, 1.82) is 0 Å². The topological polar surface area (TPSA) is 96.8 Å². The van der Waals surface area contributed by atoms with Crippen molar-refractivity contribution in [2.24, 2.45) is 0 Å². The lowest BCUT2D eigenvalue weighted by Gasteiger charge is -2.16. The number of thioether (sulfide) groups is 1. The molecule has 2 aromatic heterocycles. The highest BCUT2D eigenvalue weighted by Gasteiger charge is 2.48. The van der Waals surface area contributed by atoms with Gasteiger partial charge in [0.1, 0.15) is 24.0 Å². The summed E-state index contributed by atoms with van der Waals surface area (Å²) in [6, 6.07) is 18.9. The number of pyridine rings is 1. The van der Waals surface area contributed by atoms with Crippen LogP contribution in [-0.2, 0) is 9.47 Å². The molecule has 4 heterocycles. The van der Waals surface area contributed by atoms with Crippen molar-refractivity contribution >= 4 is 22.8 Å². The number of aromatic amines is 1. The van der Waals surface area contributed by atoms with Crippen molar-refractivity contribution in [3.05, 3.63) is 66.5 Å². The van der Waals surface area contributed by atoms with Crippen LogP contribution in [0.15, 0.2) is 65.6 Å². The molecule has 6 rings (SSSR count). The van der Waals surface area contributed by atoms with Gasteiger partial charge in [-0.15, -0.1) is 11.8 Å². The first kappa shape index (κ1) is 23.4. The maximum Gasteiger partial charge on any atom is 0.193 e. The third-order valence-corrected chi connectivity index (χ3v) is 7.49. The number of hydrogen-bond donors (Lipinski definition) is 3. The van der Waals surface area contributed by atoms with Gasteiger partial charge in [-0.1, -0.05) is 36.4 Å². The number of halogens is 1. The molecule has 7 nitrogen and oxygen atoms in total. The summed E-state index contributed by atoms with van der Waals surface area (Å²) < 4.78 is 32.2. The van der Waals surface area contributed by atoms with Crippen LogP contribution in [-0.4, -0.2) is 70.2 Å². The predicted octanol–water partition coefficient (Wildman–Crippen LogP) is 4.03. The average Bonchev–Trinajstić information content (AvgIpc) is 3.59. The lowest BCUT2D eigenvalue weighted by atomic mass is 10.0. The van der Waals surface area contributed by atoms with E-state index in [4.69, 9.17) is 19.3 Å². The van der Waals surface area contributed by atoms with Gasteiger partial charge in [-0.2, -0.15) is 0 Å². The summed E-state index contributed by atoms with van der Waals surface area (Å²) in [5.41, 5.74) is 4.14. The molecular formula is C27H25FN2O5S. The Balaban J connectivity index is 1.20. The third kappa shape index (κ3) is 4.49. The van der Waals surface area contributed by atoms with Crippen LogP contribution in [0.25, 0.3) is 33.4 Å². The summed E-state index contributed by atoms with van der Waals surface area (Å²) in [4.78, 5) is 8.72. The van der Waals surface area contributed by atoms with Gasteiger partial charge >= 0.3 is 0 Å². The molecule has 0 radical (unpaired) electrons. The van der Waals surface area contributed by atoms with Crippen LogP contribution in [0.5, 0.6) is 5.88 Å². The molecule has 0 spiro atoms. The van der Waals surface area contributed by atoms with Gasteiger partial charge in [0.2, 0.25) is 0 Å². The van der Waals surface area contributed by atoms with Crippen LogP contribution in [0.3, 0.4) is 0 Å². The van der Waals surface area contributed by atoms with Gasteiger partial charge in [-0.05, 0) is 23.3 Å². The molecule has 2 aliphatic rings. The summed E-state index contributed by atoms with van der Waals surface area (Å²) >= 11 is 1.61. The van der Waals surface area contributed by atoms with Gasteiger partial charge in [0.05, 0.1) is 30.9 Å². The van der Waals surface area contributed by atoms with E-state index < -0.39 is 11.9 Å². The van der Waals surface area contributed by atoms with E-state index in [1.807, 2.05) is 48.5 Å². The van der Waals surface area contributed by atoms with Crippen LogP contribution in [0.1, 0.15) is 0 Å². The molecule has 0 bridgehead atoms. The van der Waals surface area contributed by atoms with E-state index in [1.54, 1.807) is 17.8 Å². The molecule has 0 unspecified atom stereocenters. The van der Waals surface area contributed by atoms with Gasteiger partial charge in [0.25, 0.3) is 0 Å². The Hall–Kier alpha value is -2.95. The van der Waals surface area contributed by atoms with Gasteiger partial charge in [0.15, 0.2) is 17.8 Å². The minimum atomic E-state index is -0.647. The Morgan fingerprint density at radius 2 is 1.67 bits per heavy atom. The largest absolute Gasteiger partial charge is 0.470 e. The minimum Gasteiger partial charge on any atom is -0.470 e. The first-order chi connectivity index (χ1) is 17.6. The Morgan fingerprint density at radius 3 is 2.42 bits per heavy atom. The average molecular weight is 509 g/mol. The standard InChI is InChI=1S/C27H25FN2O5S/c28-19-11-20-21(12-24(29-20)35-23-14-34-26-22(32)13-33-27(23)26)30-25(19)17-3-1-15(2-4-17)16-5-7-18(8-6-16)36-10-9-31/h1-8,11-12,22-23,26-27,29,31-32H,9-10,13-14H2/t22-,23-,26-,27-/m1/s1. The molecule has 0 aliphatic carbocycles. The normalized spacial score (nSPS) is 23.3. The Kier molecular flexibility index (Phi) is 6.41. The second-order valence-electron chi connectivity index (χ2n) is 8.88. The van der Waals surface area contributed by atoms with Crippen molar-refractivity contribution in [2.45, 2.75) is 29.3 Å². The fraction of sp³-hybridized carbons (Fsp3) is 0.296. The van der Waals surface area contributed by atoms with Crippen LogP contribution in [0, 0.1) is 5.82 Å². The van der Waals surface area contributed by atoms with Crippen molar-refractivity contribution in [1.82, 2.24) is 9.97 Å². The van der Waals surface area contributed by atoms with Gasteiger partial charge in [-0.3, -0.25) is 0 Å². The molecule has 36 heavy (non-hydrogen) atoms. The number of fused-ring (bicyclic) bond motifs is 2. The minimum absolute atomic E-state index is 0.150. The molecule has 0 amide bonds. The fourth-order valence-corrected chi connectivity index (χ4v) is 5.36. The lowest BCUT2D eigenvalue weighted by molar-refractivity contribution is 0.00794. The van der Waals surface area contributed by atoms with E-state index in [0.717, 1.165) is 16.0 Å². The SMILES string of the molecule is OCCSc1ccc(-c2ccc(-c3nc4cc(O[C@@H]5CO[C@H]6[C@@H]5OC[C@H]6O)[nH]c4cc3F)cc2)cc1. The first-order valence-corrected chi connectivity index (χ1v) is 12.8. The molecule has 186 valence electrons. The Bertz CT molecular complexity index is 1360. The number of nitrogens with one attached hydrogen (secondary N) is 1. The van der Waals surface area contributed by atoms with Crippen molar-refractivity contribution < 1.29 is 28.8 Å². The van der Waals surface area contributed by atoms with Crippen LogP contribution in [0.4, 0.5) is 4.39 Å². The van der Waals surface area contributed by atoms with E-state index in [2.05, 4.69) is 9.97 Å². The van der Waals surface area contributed by atoms with Crippen LogP contribution in [0.2, 0.25) is 0 Å². The fourth-order valence-electron chi connectivity index (χ4n) is 4.71. The second kappa shape index (κ2) is 9.84. The zero-order valence-corrected chi connectivity index (χ0v) is 20.1. The smallest absolute Gasteiger partial charge is 0.193 e. The molecule has 4 aromatic rings. The molecule has 9 heteroatoms. The molecule has 2 aromatic carbocycles. The number of nitrogens with zero attached hydrogens (tertiary/aromatic N) is 1. The van der Waals surface area contributed by atoms with Gasteiger partial charge in [-0.25, -0.2) is 9.37 Å². The van der Waals surface area contributed by atoms with Crippen molar-refractivity contribution in [3.63, 3.8) is 0 Å². The summed E-state index contributed by atoms with van der Waals surface area (Å²) in [6.45, 7) is 0.689. The number of aromatic nitrogens is 2. The highest BCUT2D eigenvalue weighted by atomic mass is 32.2. The van der Waals surface area contributed by atoms with Crippen molar-refractivity contribution in [2.75, 3.05) is 25.6 Å². The quantitative estimate of drug-likeness (QED) is 0.325. The number of benzene rings is 2. The highest BCUT2D eigenvalue weighted by Crippen LogP contribution is 2.32. The molecule has 2 aliphatic heterocycles. The van der Waals surface area contributed by atoms with Crippen LogP contribution >= 0.6 is 11.8 Å². The number of aliphatic hydroxyl groups is 2. The maximum atomic E-state index is 15.0. The van der Waals surface area contributed by atoms with E-state index >= 15 is 0 Å². The Labute approximate surface area is 211 Å². The summed E-state index contributed by atoms with van der Waals surface area (Å²) in [7, 11) is 0. The van der Waals surface area contributed by atoms with Crippen LogP contribution < -0.4 is 4.74 Å². The lowest BCUT2D eigenvalue weighted by Crippen LogP contribution is -2.34. The molecule has 2 fully saturated rings. The van der Waals surface area contributed by atoms with E-state index in [1.165, 1.54) is 6.07 Å². The van der Waals surface area contributed by atoms with E-state index in [-0.39, 0.29) is 37.2 Å².